The van der Waals surface area contributed by atoms with Crippen LogP contribution in [0.3, 0.4) is 0 Å². The summed E-state index contributed by atoms with van der Waals surface area (Å²) in [5.74, 6) is -0.602. The summed E-state index contributed by atoms with van der Waals surface area (Å²) in [5, 5.41) is 18.0. The summed E-state index contributed by atoms with van der Waals surface area (Å²) in [7, 11) is 1.50. The summed E-state index contributed by atoms with van der Waals surface area (Å²) >= 11 is 5.65. The zero-order chi connectivity index (χ0) is 11.4. The maximum absolute atomic E-state index is 10.6. The van der Waals surface area contributed by atoms with Gasteiger partial charge in [0.25, 0.3) is 0 Å². The Morgan fingerprint density at radius 3 is 2.73 bits per heavy atom. The van der Waals surface area contributed by atoms with Crippen LogP contribution >= 0.6 is 11.6 Å². The molecule has 0 radical (unpaired) electrons. The summed E-state index contributed by atoms with van der Waals surface area (Å²) in [6.07, 6.45) is -1.55. The van der Waals surface area contributed by atoms with Crippen molar-refractivity contribution in [2.24, 2.45) is 0 Å². The number of aliphatic hydroxyl groups excluding tert-OH is 1. The third-order valence-corrected chi connectivity index (χ3v) is 2.31. The lowest BCUT2D eigenvalue weighted by atomic mass is 10.0. The molecule has 0 bridgehead atoms. The summed E-state index contributed by atoms with van der Waals surface area (Å²) in [4.78, 5) is 10.6. The largest absolute Gasteiger partial charge is 0.497 e. The van der Waals surface area contributed by atoms with E-state index >= 15 is 0 Å². The maximum atomic E-state index is 10.6. The summed E-state index contributed by atoms with van der Waals surface area (Å²) in [6.45, 7) is 0. The monoisotopic (exact) mass is 230 g/mol. The molecule has 1 atom stereocenters. The van der Waals surface area contributed by atoms with Gasteiger partial charge in [-0.25, -0.2) is 4.79 Å². The third-order valence-electron chi connectivity index (χ3n) is 2.02. The predicted octanol–water partition coefficient (Wildman–Crippen LogP) is 1.55. The number of alkyl halides is 1. The van der Waals surface area contributed by atoms with E-state index < -0.39 is 12.1 Å². The van der Waals surface area contributed by atoms with Gasteiger partial charge in [-0.2, -0.15) is 0 Å². The van der Waals surface area contributed by atoms with E-state index in [1.54, 1.807) is 12.1 Å². The van der Waals surface area contributed by atoms with Gasteiger partial charge in [0.2, 0.25) is 0 Å². The molecule has 82 valence electrons. The Morgan fingerprint density at radius 1 is 1.60 bits per heavy atom. The quantitative estimate of drug-likeness (QED) is 0.771. The molecule has 0 saturated heterocycles. The minimum Gasteiger partial charge on any atom is -0.497 e. The van der Waals surface area contributed by atoms with E-state index in [0.29, 0.717) is 16.9 Å². The van der Waals surface area contributed by atoms with Crippen molar-refractivity contribution in [3.8, 4) is 5.75 Å². The van der Waals surface area contributed by atoms with Crippen LogP contribution in [0.5, 0.6) is 5.75 Å². The van der Waals surface area contributed by atoms with Crippen LogP contribution in [0.25, 0.3) is 0 Å². The Balaban J connectivity index is 3.12. The fraction of sp³-hybridized carbons (Fsp3) is 0.300. The number of hydrogen-bond donors (Lipinski definition) is 2. The molecule has 4 nitrogen and oxygen atoms in total. The molecule has 1 rings (SSSR count). The first-order valence-corrected chi connectivity index (χ1v) is 4.77. The molecule has 0 heterocycles. The Labute approximate surface area is 92.1 Å². The van der Waals surface area contributed by atoms with Crippen LogP contribution in [-0.2, 0) is 10.7 Å². The number of benzene rings is 1. The topological polar surface area (TPSA) is 66.8 Å². The van der Waals surface area contributed by atoms with E-state index in [1.165, 1.54) is 13.2 Å². The lowest BCUT2D eigenvalue weighted by molar-refractivity contribution is -0.147. The number of aliphatic hydroxyl groups is 1. The molecule has 15 heavy (non-hydrogen) atoms. The summed E-state index contributed by atoms with van der Waals surface area (Å²) in [5.41, 5.74) is 0.837. The number of rotatable bonds is 4. The maximum Gasteiger partial charge on any atom is 0.337 e. The minimum absolute atomic E-state index is 0.122. The molecule has 0 saturated carbocycles. The number of carboxylic acid groups (broad SMARTS) is 1. The number of hydrogen-bond acceptors (Lipinski definition) is 3. The first kappa shape index (κ1) is 11.8. The van der Waals surface area contributed by atoms with Gasteiger partial charge in [0.15, 0.2) is 6.10 Å². The molecule has 0 aromatic heterocycles. The van der Waals surface area contributed by atoms with Gasteiger partial charge in [-0.05, 0) is 23.3 Å². The smallest absolute Gasteiger partial charge is 0.337 e. The zero-order valence-corrected chi connectivity index (χ0v) is 8.86. The Bertz CT molecular complexity index is 364. The van der Waals surface area contributed by atoms with Gasteiger partial charge in [0.1, 0.15) is 5.75 Å². The van der Waals surface area contributed by atoms with Gasteiger partial charge in [-0.3, -0.25) is 0 Å². The lowest BCUT2D eigenvalue weighted by Gasteiger charge is -2.11. The molecular formula is C10H11ClO4. The Kier molecular flexibility index (Phi) is 3.94. The highest BCUT2D eigenvalue weighted by molar-refractivity contribution is 6.17. The fourth-order valence-electron chi connectivity index (χ4n) is 1.22. The number of methoxy groups -OCH3 is 1. The molecule has 0 spiro atoms. The highest BCUT2D eigenvalue weighted by atomic mass is 35.5. The predicted molar refractivity (Wildman–Crippen MR) is 55.1 cm³/mol. The van der Waals surface area contributed by atoms with Crippen molar-refractivity contribution in [2.75, 3.05) is 7.11 Å². The van der Waals surface area contributed by atoms with Gasteiger partial charge in [-0.15, -0.1) is 11.6 Å². The van der Waals surface area contributed by atoms with E-state index in [0.717, 1.165) is 0 Å². The van der Waals surface area contributed by atoms with Gasteiger partial charge >= 0.3 is 5.97 Å². The second-order valence-electron chi connectivity index (χ2n) is 2.94. The lowest BCUT2D eigenvalue weighted by Crippen LogP contribution is -2.12. The van der Waals surface area contributed by atoms with Crippen LogP contribution in [0.15, 0.2) is 18.2 Å². The summed E-state index contributed by atoms with van der Waals surface area (Å²) in [6, 6.07) is 4.68. The Morgan fingerprint density at radius 2 is 2.27 bits per heavy atom. The van der Waals surface area contributed by atoms with Crippen molar-refractivity contribution in [1.29, 1.82) is 0 Å². The van der Waals surface area contributed by atoms with E-state index in [-0.39, 0.29) is 5.88 Å². The van der Waals surface area contributed by atoms with Crippen molar-refractivity contribution in [1.82, 2.24) is 0 Å². The molecule has 0 aliphatic rings. The van der Waals surface area contributed by atoms with Crippen LogP contribution < -0.4 is 4.74 Å². The third kappa shape index (κ3) is 2.61. The van der Waals surface area contributed by atoms with E-state index in [9.17, 15) is 9.90 Å². The van der Waals surface area contributed by atoms with Crippen LogP contribution in [-0.4, -0.2) is 23.3 Å². The van der Waals surface area contributed by atoms with Crippen molar-refractivity contribution in [3.05, 3.63) is 29.3 Å². The van der Waals surface area contributed by atoms with Gasteiger partial charge in [0, 0.05) is 5.88 Å². The number of ether oxygens (including phenoxy) is 1. The van der Waals surface area contributed by atoms with E-state index in [2.05, 4.69) is 0 Å². The molecule has 1 aromatic rings. The molecule has 0 aliphatic carbocycles. The SMILES string of the molecule is COc1ccc([C@@H](O)C(=O)O)c(CCl)c1. The van der Waals surface area contributed by atoms with E-state index in [1.807, 2.05) is 0 Å². The molecule has 0 unspecified atom stereocenters. The first-order valence-electron chi connectivity index (χ1n) is 4.23. The average Bonchev–Trinajstić information content (AvgIpc) is 2.27. The molecule has 2 N–H and O–H groups in total. The van der Waals surface area contributed by atoms with Gasteiger partial charge < -0.3 is 14.9 Å². The van der Waals surface area contributed by atoms with Crippen molar-refractivity contribution in [2.45, 2.75) is 12.0 Å². The van der Waals surface area contributed by atoms with Crippen LogP contribution in [0, 0.1) is 0 Å². The van der Waals surface area contributed by atoms with Gasteiger partial charge in [-0.1, -0.05) is 6.07 Å². The minimum atomic E-state index is -1.55. The van der Waals surface area contributed by atoms with Gasteiger partial charge in [0.05, 0.1) is 7.11 Å². The van der Waals surface area contributed by atoms with Crippen molar-refractivity contribution in [3.63, 3.8) is 0 Å². The van der Waals surface area contributed by atoms with Crippen molar-refractivity contribution >= 4 is 17.6 Å². The fourth-order valence-corrected chi connectivity index (χ4v) is 1.46. The Hall–Kier alpha value is -1.26. The van der Waals surface area contributed by atoms with E-state index in [4.69, 9.17) is 21.4 Å². The second kappa shape index (κ2) is 5.00. The van der Waals surface area contributed by atoms with Crippen LogP contribution in [0.2, 0.25) is 0 Å². The molecule has 0 amide bonds. The molecule has 5 heteroatoms. The molecular weight excluding hydrogens is 220 g/mol. The first-order chi connectivity index (χ1) is 7.10. The number of carboxylic acids is 1. The molecule has 1 aromatic carbocycles. The molecule has 0 fully saturated rings. The molecule has 0 aliphatic heterocycles. The van der Waals surface area contributed by atoms with Crippen molar-refractivity contribution < 1.29 is 19.7 Å². The number of aliphatic carboxylic acids is 1. The number of carbonyl (C=O) groups is 1. The highest BCUT2D eigenvalue weighted by Crippen LogP contribution is 2.24. The normalized spacial score (nSPS) is 12.2. The number of halogens is 1. The second-order valence-corrected chi connectivity index (χ2v) is 3.21. The average molecular weight is 231 g/mol. The summed E-state index contributed by atoms with van der Waals surface area (Å²) < 4.78 is 4.96. The zero-order valence-electron chi connectivity index (χ0n) is 8.11. The highest BCUT2D eigenvalue weighted by Gasteiger charge is 2.19. The van der Waals surface area contributed by atoms with Crippen LogP contribution in [0.1, 0.15) is 17.2 Å². The standard InChI is InChI=1S/C10H11ClO4/c1-15-7-2-3-8(6(4-7)5-11)9(12)10(13)14/h2-4,9,12H,5H2,1H3,(H,13,14)/t9-/m1/s1. The van der Waals surface area contributed by atoms with Crippen LogP contribution in [0.4, 0.5) is 0 Å².